The van der Waals surface area contributed by atoms with Gasteiger partial charge in [-0.25, -0.2) is 10.0 Å². The number of piperidine rings is 1. The fourth-order valence-corrected chi connectivity index (χ4v) is 4.13. The van der Waals surface area contributed by atoms with Crippen molar-refractivity contribution in [3.05, 3.63) is 47.5 Å². The molecule has 1 saturated heterocycles. The van der Waals surface area contributed by atoms with Crippen LogP contribution in [0.3, 0.4) is 0 Å². The molecule has 0 amide bonds. The molecule has 4 nitrogen and oxygen atoms in total. The van der Waals surface area contributed by atoms with Crippen molar-refractivity contribution in [3.8, 4) is 0 Å². The molecule has 0 spiro atoms. The molecule has 0 bridgehead atoms. The quantitative estimate of drug-likeness (QED) is 0.849. The fraction of sp³-hybridized carbons (Fsp3) is 0.450. The molecule has 126 valence electrons. The maximum Gasteiger partial charge on any atom is 0.179 e. The zero-order valence-corrected chi connectivity index (χ0v) is 14.5. The van der Waals surface area contributed by atoms with Gasteiger partial charge in [0.25, 0.3) is 0 Å². The Morgan fingerprint density at radius 3 is 2.46 bits per heavy atom. The normalized spacial score (nSPS) is 20.7. The Bertz CT molecular complexity index is 763. The van der Waals surface area contributed by atoms with Gasteiger partial charge in [-0.3, -0.25) is 4.79 Å². The Kier molecular flexibility index (Phi) is 4.12. The summed E-state index contributed by atoms with van der Waals surface area (Å²) in [5, 5.41) is 6.90. The van der Waals surface area contributed by atoms with Crippen molar-refractivity contribution in [3.63, 3.8) is 0 Å². The molecule has 0 N–H and O–H groups in total. The number of hydrogen-bond acceptors (Lipinski definition) is 4. The minimum absolute atomic E-state index is 0.253. The van der Waals surface area contributed by atoms with Gasteiger partial charge in [0.2, 0.25) is 0 Å². The Morgan fingerprint density at radius 2 is 1.71 bits per heavy atom. The van der Waals surface area contributed by atoms with Gasteiger partial charge in [0.05, 0.1) is 6.54 Å². The molecule has 1 fully saturated rings. The van der Waals surface area contributed by atoms with Crippen molar-refractivity contribution < 1.29 is 4.79 Å². The predicted molar refractivity (Wildman–Crippen MR) is 97.0 cm³/mol. The summed E-state index contributed by atoms with van der Waals surface area (Å²) < 4.78 is 0. The molecule has 0 aromatic heterocycles. The molecule has 0 aliphatic carbocycles. The van der Waals surface area contributed by atoms with Crippen LogP contribution in [0.25, 0.3) is 10.8 Å². The van der Waals surface area contributed by atoms with Gasteiger partial charge in [-0.2, -0.15) is 0 Å². The summed E-state index contributed by atoms with van der Waals surface area (Å²) in [4.78, 5) is 15.2. The van der Waals surface area contributed by atoms with Crippen molar-refractivity contribution in [2.45, 2.75) is 25.4 Å². The van der Waals surface area contributed by atoms with E-state index in [0.717, 1.165) is 36.0 Å². The van der Waals surface area contributed by atoms with Gasteiger partial charge in [0, 0.05) is 31.2 Å². The smallest absolute Gasteiger partial charge is 0.179 e. The van der Waals surface area contributed by atoms with Crippen LogP contribution in [0.4, 0.5) is 0 Å². The van der Waals surface area contributed by atoms with E-state index in [9.17, 15) is 4.79 Å². The third-order valence-electron chi connectivity index (χ3n) is 5.54. The number of hydrogen-bond donors (Lipinski definition) is 0. The second-order valence-corrected chi connectivity index (χ2v) is 7.22. The van der Waals surface area contributed by atoms with Crippen LogP contribution in [0, 0.1) is 0 Å². The summed E-state index contributed by atoms with van der Waals surface area (Å²) >= 11 is 0. The van der Waals surface area contributed by atoms with Gasteiger partial charge in [0.1, 0.15) is 0 Å². The number of fused-ring (bicyclic) bond motifs is 3. The van der Waals surface area contributed by atoms with Gasteiger partial charge in [-0.05, 0) is 43.3 Å². The zero-order chi connectivity index (χ0) is 16.7. The number of Topliss-reactive ketones (excluding diaryl/α,β-unsaturated/α-hetero) is 1. The van der Waals surface area contributed by atoms with E-state index in [4.69, 9.17) is 0 Å². The van der Waals surface area contributed by atoms with Crippen LogP contribution in [-0.4, -0.2) is 60.5 Å². The molecule has 2 aromatic rings. The molecule has 2 aliphatic rings. The Labute approximate surface area is 143 Å². The van der Waals surface area contributed by atoms with Gasteiger partial charge in [0.15, 0.2) is 5.78 Å². The number of hydrazine groups is 1. The average molecular weight is 323 g/mol. The van der Waals surface area contributed by atoms with Gasteiger partial charge < -0.3 is 4.90 Å². The molecular formula is C20H25N3O. The lowest BCUT2D eigenvalue weighted by Crippen LogP contribution is -2.52. The van der Waals surface area contributed by atoms with Crippen LogP contribution >= 0.6 is 0 Å². The van der Waals surface area contributed by atoms with Crippen molar-refractivity contribution in [2.24, 2.45) is 0 Å². The molecule has 0 saturated carbocycles. The molecule has 2 aliphatic heterocycles. The lowest BCUT2D eigenvalue weighted by Gasteiger charge is -2.42. The van der Waals surface area contributed by atoms with Crippen LogP contribution in [0.1, 0.15) is 28.8 Å². The van der Waals surface area contributed by atoms with E-state index in [1.54, 1.807) is 0 Å². The summed E-state index contributed by atoms with van der Waals surface area (Å²) in [5.41, 5.74) is 2.10. The van der Waals surface area contributed by atoms with Gasteiger partial charge >= 0.3 is 0 Å². The monoisotopic (exact) mass is 323 g/mol. The highest BCUT2D eigenvalue weighted by molar-refractivity contribution is 6.10. The SMILES string of the molecule is CN(C)C1CCN(N2CC(=O)c3c(ccc4ccccc34)C2)CC1. The molecule has 2 heterocycles. The van der Waals surface area contributed by atoms with Gasteiger partial charge in [-0.15, -0.1) is 0 Å². The van der Waals surface area contributed by atoms with Crippen LogP contribution in [-0.2, 0) is 6.54 Å². The minimum Gasteiger partial charge on any atom is -0.306 e. The van der Waals surface area contributed by atoms with E-state index >= 15 is 0 Å². The van der Waals surface area contributed by atoms with E-state index in [1.165, 1.54) is 18.4 Å². The molecule has 24 heavy (non-hydrogen) atoms. The number of carbonyl (C=O) groups excluding carboxylic acids is 1. The van der Waals surface area contributed by atoms with E-state index in [2.05, 4.69) is 53.3 Å². The number of nitrogens with zero attached hydrogens (tertiary/aromatic N) is 3. The number of rotatable bonds is 2. The summed E-state index contributed by atoms with van der Waals surface area (Å²) in [7, 11) is 4.32. The standard InChI is InChI=1S/C20H25N3O/c1-21(2)17-9-11-22(12-10-17)23-13-16-8-7-15-5-3-4-6-18(15)20(16)19(24)14-23/h3-8,17H,9-14H2,1-2H3. The zero-order valence-electron chi connectivity index (χ0n) is 14.5. The third kappa shape index (κ3) is 2.75. The van der Waals surface area contributed by atoms with Gasteiger partial charge in [-0.1, -0.05) is 36.4 Å². The van der Waals surface area contributed by atoms with E-state index in [-0.39, 0.29) is 5.78 Å². The summed E-state index contributed by atoms with van der Waals surface area (Å²) in [5.74, 6) is 0.253. The minimum atomic E-state index is 0.253. The summed E-state index contributed by atoms with van der Waals surface area (Å²) in [6, 6.07) is 13.2. The van der Waals surface area contributed by atoms with E-state index in [1.807, 2.05) is 12.1 Å². The molecule has 2 aromatic carbocycles. The predicted octanol–water partition coefficient (Wildman–Crippen LogP) is 2.78. The highest BCUT2D eigenvalue weighted by Crippen LogP contribution is 2.29. The molecule has 4 rings (SSSR count). The van der Waals surface area contributed by atoms with Crippen LogP contribution < -0.4 is 0 Å². The highest BCUT2D eigenvalue weighted by Gasteiger charge is 2.31. The van der Waals surface area contributed by atoms with Crippen LogP contribution in [0.15, 0.2) is 36.4 Å². The molecule has 0 unspecified atom stereocenters. The molecule has 0 radical (unpaired) electrons. The molecule has 4 heteroatoms. The van der Waals surface area contributed by atoms with Crippen LogP contribution in [0.2, 0.25) is 0 Å². The maximum absolute atomic E-state index is 12.8. The van der Waals surface area contributed by atoms with E-state index < -0.39 is 0 Å². The first-order valence-corrected chi connectivity index (χ1v) is 8.83. The third-order valence-corrected chi connectivity index (χ3v) is 5.54. The maximum atomic E-state index is 12.8. The molecular weight excluding hydrogens is 298 g/mol. The van der Waals surface area contributed by atoms with Crippen molar-refractivity contribution in [2.75, 3.05) is 33.7 Å². The summed E-state index contributed by atoms with van der Waals surface area (Å²) in [6.07, 6.45) is 2.34. The Morgan fingerprint density at radius 1 is 0.958 bits per heavy atom. The van der Waals surface area contributed by atoms with Crippen LogP contribution in [0.5, 0.6) is 0 Å². The number of benzene rings is 2. The molecule has 0 atom stereocenters. The first kappa shape index (κ1) is 15.8. The van der Waals surface area contributed by atoms with Crippen molar-refractivity contribution in [1.82, 2.24) is 14.9 Å². The highest BCUT2D eigenvalue weighted by atomic mass is 16.1. The van der Waals surface area contributed by atoms with Crippen molar-refractivity contribution >= 4 is 16.6 Å². The topological polar surface area (TPSA) is 26.8 Å². The Hall–Kier alpha value is -1.75. The number of carbonyl (C=O) groups is 1. The number of ketones is 1. The first-order valence-electron chi connectivity index (χ1n) is 8.83. The van der Waals surface area contributed by atoms with Crippen molar-refractivity contribution in [1.29, 1.82) is 0 Å². The average Bonchev–Trinajstić information content (AvgIpc) is 2.61. The summed E-state index contributed by atoms with van der Waals surface area (Å²) in [6.45, 7) is 3.43. The van der Waals surface area contributed by atoms with E-state index in [0.29, 0.717) is 12.6 Å². The lowest BCUT2D eigenvalue weighted by atomic mass is 9.93. The largest absolute Gasteiger partial charge is 0.306 e. The second-order valence-electron chi connectivity index (χ2n) is 7.22. The second kappa shape index (κ2) is 6.28. The Balaban J connectivity index is 1.57. The fourth-order valence-electron chi connectivity index (χ4n) is 4.13. The first-order chi connectivity index (χ1) is 11.6. The lowest BCUT2D eigenvalue weighted by molar-refractivity contribution is -0.0556.